The predicted octanol–water partition coefficient (Wildman–Crippen LogP) is 4.80. The van der Waals surface area contributed by atoms with Gasteiger partial charge in [0.15, 0.2) is 9.34 Å². The molecule has 0 aliphatic rings. The second-order valence-electron chi connectivity index (χ2n) is 7.68. The summed E-state index contributed by atoms with van der Waals surface area (Å²) in [7, 11) is -3.84. The molecule has 4 rings (SSSR count). The minimum atomic E-state index is -3.84. The van der Waals surface area contributed by atoms with Crippen molar-refractivity contribution in [1.29, 1.82) is 0 Å². The van der Waals surface area contributed by atoms with Crippen LogP contribution < -0.4 is 20.7 Å². The van der Waals surface area contributed by atoms with Gasteiger partial charge < -0.3 is 16.0 Å². The van der Waals surface area contributed by atoms with Gasteiger partial charge in [-0.1, -0.05) is 29.0 Å². The molecule has 180 valence electrons. The van der Waals surface area contributed by atoms with Crippen LogP contribution in [0.25, 0.3) is 0 Å². The first kappa shape index (κ1) is 24.1. The number of benzene rings is 2. The quantitative estimate of drug-likeness (QED) is 0.266. The van der Waals surface area contributed by atoms with Crippen LogP contribution in [-0.2, 0) is 14.8 Å². The summed E-state index contributed by atoms with van der Waals surface area (Å²) in [6.07, 6.45) is 1.20. The van der Waals surface area contributed by atoms with Gasteiger partial charge in [-0.05, 0) is 50.2 Å². The largest absolute Gasteiger partial charge is 0.340 e. The molecular weight excluding hydrogens is 486 g/mol. The van der Waals surface area contributed by atoms with Gasteiger partial charge >= 0.3 is 0 Å². The van der Waals surface area contributed by atoms with E-state index < -0.39 is 10.0 Å². The van der Waals surface area contributed by atoms with Gasteiger partial charge in [0.25, 0.3) is 10.0 Å². The third-order valence-electron chi connectivity index (χ3n) is 4.60. The molecule has 1 amide bonds. The molecule has 2 aromatic carbocycles. The number of aromatic nitrogens is 3. The maximum Gasteiger partial charge on any atom is 0.273 e. The van der Waals surface area contributed by atoms with Crippen molar-refractivity contribution in [3.05, 3.63) is 72.1 Å². The number of amides is 1. The molecule has 0 saturated heterocycles. The van der Waals surface area contributed by atoms with Crippen LogP contribution in [0.1, 0.15) is 18.2 Å². The summed E-state index contributed by atoms with van der Waals surface area (Å²) in [6.45, 7) is 5.23. The van der Waals surface area contributed by atoms with Crippen LogP contribution in [0, 0.1) is 13.8 Å². The van der Waals surface area contributed by atoms with Gasteiger partial charge in [0, 0.05) is 35.7 Å². The Bertz CT molecular complexity index is 1450. The van der Waals surface area contributed by atoms with Crippen molar-refractivity contribution in [3.8, 4) is 0 Å². The normalized spacial score (nSPS) is 11.1. The van der Waals surface area contributed by atoms with Gasteiger partial charge in [0.2, 0.25) is 11.9 Å². The van der Waals surface area contributed by atoms with E-state index in [0.717, 1.165) is 34.0 Å². The number of carbonyl (C=O) groups is 1. The van der Waals surface area contributed by atoms with E-state index in [1.807, 2.05) is 44.2 Å². The number of aryl methyl sites for hydroxylation is 2. The Hall–Kier alpha value is -4.03. The zero-order valence-electron chi connectivity index (χ0n) is 19.2. The summed E-state index contributed by atoms with van der Waals surface area (Å²) in [4.78, 5) is 24.0. The molecule has 0 atom stereocenters. The number of anilines is 6. The zero-order valence-corrected chi connectivity index (χ0v) is 20.8. The van der Waals surface area contributed by atoms with Crippen LogP contribution >= 0.6 is 11.3 Å². The van der Waals surface area contributed by atoms with Crippen molar-refractivity contribution in [1.82, 2.24) is 15.0 Å². The van der Waals surface area contributed by atoms with Crippen LogP contribution in [0.2, 0.25) is 0 Å². The Labute approximate surface area is 206 Å². The summed E-state index contributed by atoms with van der Waals surface area (Å²) in [6, 6.07) is 16.5. The van der Waals surface area contributed by atoms with Gasteiger partial charge in [-0.3, -0.25) is 9.52 Å². The van der Waals surface area contributed by atoms with E-state index >= 15 is 0 Å². The smallest absolute Gasteiger partial charge is 0.273 e. The van der Waals surface area contributed by atoms with Crippen LogP contribution in [0.15, 0.2) is 65.0 Å². The predicted molar refractivity (Wildman–Crippen MR) is 138 cm³/mol. The van der Waals surface area contributed by atoms with E-state index in [0.29, 0.717) is 17.5 Å². The highest BCUT2D eigenvalue weighted by Crippen LogP contribution is 2.26. The van der Waals surface area contributed by atoms with E-state index in [1.54, 1.807) is 24.3 Å². The first-order valence-electron chi connectivity index (χ1n) is 10.5. The van der Waals surface area contributed by atoms with Gasteiger partial charge in [-0.15, -0.1) is 0 Å². The lowest BCUT2D eigenvalue weighted by atomic mass is 10.2. The Kier molecular flexibility index (Phi) is 6.94. The molecule has 35 heavy (non-hydrogen) atoms. The summed E-state index contributed by atoms with van der Waals surface area (Å²) >= 11 is 0.870. The average Bonchev–Trinajstić information content (AvgIpc) is 3.25. The molecule has 2 heterocycles. The molecule has 4 aromatic rings. The number of rotatable bonds is 8. The van der Waals surface area contributed by atoms with E-state index in [9.17, 15) is 13.2 Å². The van der Waals surface area contributed by atoms with Gasteiger partial charge in [-0.25, -0.2) is 18.4 Å². The maximum atomic E-state index is 12.6. The summed E-state index contributed by atoms with van der Waals surface area (Å²) in [5.74, 6) is 0.732. The highest BCUT2D eigenvalue weighted by Gasteiger charge is 2.18. The topological polar surface area (TPSA) is 138 Å². The number of nitrogens with one attached hydrogen (secondary N) is 4. The molecule has 0 spiro atoms. The highest BCUT2D eigenvalue weighted by molar-refractivity contribution is 7.94. The molecule has 0 aliphatic heterocycles. The fourth-order valence-corrected chi connectivity index (χ4v) is 5.16. The Morgan fingerprint density at radius 2 is 1.51 bits per heavy atom. The first-order valence-corrected chi connectivity index (χ1v) is 12.8. The molecule has 0 aliphatic carbocycles. The molecule has 0 radical (unpaired) electrons. The first-order chi connectivity index (χ1) is 16.7. The Morgan fingerprint density at radius 3 is 2.20 bits per heavy atom. The lowest BCUT2D eigenvalue weighted by Gasteiger charge is -2.11. The lowest BCUT2D eigenvalue weighted by molar-refractivity contribution is -0.114. The zero-order chi connectivity index (χ0) is 25.0. The molecule has 4 N–H and O–H groups in total. The third-order valence-corrected chi connectivity index (χ3v) is 7.36. The number of sulfonamides is 1. The maximum absolute atomic E-state index is 12.6. The lowest BCUT2D eigenvalue weighted by Crippen LogP contribution is -2.11. The van der Waals surface area contributed by atoms with E-state index in [-0.39, 0.29) is 15.2 Å². The standard InChI is InChI=1S/C23H23N7O3S2/c1-14-4-6-18(7-5-14)28-22-25-15(2)12-20(29-22)27-17-8-10-19(11-9-17)30-35(32,33)21-13-24-23(34-21)26-16(3)31/h4-13,30H,1-3H3,(H,24,26,31)(H2,25,27,28,29). The van der Waals surface area contributed by atoms with Crippen LogP contribution in [0.4, 0.5) is 34.0 Å². The van der Waals surface area contributed by atoms with Crippen molar-refractivity contribution in [2.45, 2.75) is 25.0 Å². The van der Waals surface area contributed by atoms with Gasteiger partial charge in [0.1, 0.15) is 5.82 Å². The molecular formula is C23H23N7O3S2. The molecule has 0 unspecified atom stereocenters. The fourth-order valence-electron chi connectivity index (χ4n) is 3.02. The molecule has 2 aromatic heterocycles. The molecule has 0 fully saturated rings. The number of nitrogens with zero attached hydrogens (tertiary/aromatic N) is 3. The second kappa shape index (κ2) is 10.1. The molecule has 0 bridgehead atoms. The Morgan fingerprint density at radius 1 is 0.886 bits per heavy atom. The summed E-state index contributed by atoms with van der Waals surface area (Å²) < 4.78 is 27.8. The highest BCUT2D eigenvalue weighted by atomic mass is 32.2. The fraction of sp³-hybridized carbons (Fsp3) is 0.130. The number of thiazole rings is 1. The summed E-state index contributed by atoms with van der Waals surface area (Å²) in [5.41, 5.74) is 3.93. The van der Waals surface area contributed by atoms with Crippen molar-refractivity contribution in [2.75, 3.05) is 20.7 Å². The second-order valence-corrected chi connectivity index (χ2v) is 10.6. The molecule has 12 heteroatoms. The van der Waals surface area contributed by atoms with E-state index in [1.165, 1.54) is 13.1 Å². The van der Waals surface area contributed by atoms with Crippen molar-refractivity contribution in [2.24, 2.45) is 0 Å². The minimum absolute atomic E-state index is 0.00600. The number of carbonyl (C=O) groups excluding carboxylic acids is 1. The third kappa shape index (κ3) is 6.52. The molecule has 0 saturated carbocycles. The number of hydrogen-bond acceptors (Lipinski definition) is 9. The van der Waals surface area contributed by atoms with Crippen molar-refractivity contribution in [3.63, 3.8) is 0 Å². The van der Waals surface area contributed by atoms with Crippen molar-refractivity contribution < 1.29 is 13.2 Å². The van der Waals surface area contributed by atoms with Gasteiger partial charge in [0.05, 0.1) is 6.20 Å². The van der Waals surface area contributed by atoms with Crippen LogP contribution in [0.5, 0.6) is 0 Å². The monoisotopic (exact) mass is 509 g/mol. The summed E-state index contributed by atoms with van der Waals surface area (Å²) in [5, 5.41) is 9.09. The van der Waals surface area contributed by atoms with Gasteiger partial charge in [-0.2, -0.15) is 4.98 Å². The van der Waals surface area contributed by atoms with E-state index in [2.05, 4.69) is 35.6 Å². The Balaban J connectivity index is 1.43. The average molecular weight is 510 g/mol. The minimum Gasteiger partial charge on any atom is -0.340 e. The SMILES string of the molecule is CC(=O)Nc1ncc(S(=O)(=O)Nc2ccc(Nc3cc(C)nc(Nc4ccc(C)cc4)n3)cc2)s1. The van der Waals surface area contributed by atoms with E-state index in [4.69, 9.17) is 0 Å². The van der Waals surface area contributed by atoms with Crippen molar-refractivity contribution >= 4 is 61.2 Å². The molecule has 10 nitrogen and oxygen atoms in total. The van der Waals surface area contributed by atoms with Crippen LogP contribution in [-0.4, -0.2) is 29.3 Å². The number of hydrogen-bond donors (Lipinski definition) is 4. The van der Waals surface area contributed by atoms with Crippen LogP contribution in [0.3, 0.4) is 0 Å².